The van der Waals surface area contributed by atoms with E-state index < -0.39 is 11.7 Å². The highest BCUT2D eigenvalue weighted by Crippen LogP contribution is 2.28. The minimum Gasteiger partial charge on any atom is -0.496 e. The molecule has 0 saturated heterocycles. The summed E-state index contributed by atoms with van der Waals surface area (Å²) in [5, 5.41) is 2.81. The van der Waals surface area contributed by atoms with Crippen molar-refractivity contribution >= 4 is 29.7 Å². The number of hydrogen-bond donors (Lipinski definition) is 1. The molecule has 2 aromatic rings. The van der Waals surface area contributed by atoms with Crippen LogP contribution in [0, 0.1) is 5.82 Å². The van der Waals surface area contributed by atoms with Crippen LogP contribution < -0.4 is 10.1 Å². The van der Waals surface area contributed by atoms with E-state index in [2.05, 4.69) is 33.8 Å². The fourth-order valence-electron chi connectivity index (χ4n) is 3.59. The second-order valence-corrected chi connectivity index (χ2v) is 7.91. The second-order valence-electron chi connectivity index (χ2n) is 7.91. The Morgan fingerprint density at radius 1 is 1.21 bits per heavy atom. The summed E-state index contributed by atoms with van der Waals surface area (Å²) in [6.45, 7) is 11.2. The van der Waals surface area contributed by atoms with Gasteiger partial charge in [-0.3, -0.25) is 9.79 Å². The van der Waals surface area contributed by atoms with E-state index in [1.807, 2.05) is 38.1 Å². The zero-order chi connectivity index (χ0) is 24.0. The standard InChI is InChI=1S/C26H29FN4O2/c1-17-12-13-31(19(3)29-15-18(2)28-4)16-24(17)20-6-9-22(10-7-20)30-26(32)23-14-21(27)8-11-25(23)33-5/h6-11,14-15H,4,12-13,16H2,1-3,5H3,(H,30,32). The number of anilines is 1. The van der Waals surface area contributed by atoms with Crippen molar-refractivity contribution in [3.05, 3.63) is 76.9 Å². The number of aliphatic imine (C=N–C) groups is 2. The van der Waals surface area contributed by atoms with Crippen molar-refractivity contribution in [2.45, 2.75) is 27.2 Å². The van der Waals surface area contributed by atoms with Crippen LogP contribution in [0.25, 0.3) is 5.57 Å². The van der Waals surface area contributed by atoms with Crippen LogP contribution in [0.4, 0.5) is 10.1 Å². The summed E-state index contributed by atoms with van der Waals surface area (Å²) in [4.78, 5) is 23.2. The molecule has 0 spiro atoms. The number of rotatable bonds is 6. The smallest absolute Gasteiger partial charge is 0.259 e. The molecule has 1 N–H and O–H groups in total. The third-order valence-electron chi connectivity index (χ3n) is 5.66. The van der Waals surface area contributed by atoms with E-state index in [0.717, 1.165) is 36.6 Å². The highest BCUT2D eigenvalue weighted by Gasteiger charge is 2.19. The molecule has 2 aromatic carbocycles. The van der Waals surface area contributed by atoms with Crippen LogP contribution in [-0.2, 0) is 0 Å². The molecule has 0 aromatic heterocycles. The van der Waals surface area contributed by atoms with Crippen molar-refractivity contribution in [3.63, 3.8) is 0 Å². The quantitative estimate of drug-likeness (QED) is 0.466. The number of nitrogens with zero attached hydrogens (tertiary/aromatic N) is 3. The molecular weight excluding hydrogens is 419 g/mol. The first kappa shape index (κ1) is 23.9. The van der Waals surface area contributed by atoms with Crippen LogP contribution in [-0.4, -0.2) is 43.6 Å². The maximum Gasteiger partial charge on any atom is 0.259 e. The Kier molecular flexibility index (Phi) is 7.77. The molecule has 0 fully saturated rings. The van der Waals surface area contributed by atoms with Crippen LogP contribution in [0.2, 0.25) is 0 Å². The topological polar surface area (TPSA) is 66.3 Å². The second kappa shape index (κ2) is 10.7. The van der Waals surface area contributed by atoms with Gasteiger partial charge >= 0.3 is 0 Å². The summed E-state index contributed by atoms with van der Waals surface area (Å²) in [5.41, 5.74) is 5.20. The number of methoxy groups -OCH3 is 1. The van der Waals surface area contributed by atoms with Crippen molar-refractivity contribution < 1.29 is 13.9 Å². The minimum atomic E-state index is -0.495. The van der Waals surface area contributed by atoms with E-state index in [-0.39, 0.29) is 5.56 Å². The van der Waals surface area contributed by atoms with Crippen LogP contribution >= 0.6 is 0 Å². The minimum absolute atomic E-state index is 0.147. The van der Waals surface area contributed by atoms with Gasteiger partial charge in [0.05, 0.1) is 24.6 Å². The number of carbonyl (C=O) groups is 1. The normalized spacial score (nSPS) is 14.9. The van der Waals surface area contributed by atoms with Gasteiger partial charge in [0.2, 0.25) is 0 Å². The summed E-state index contributed by atoms with van der Waals surface area (Å²) < 4.78 is 18.8. The number of hydrogen-bond acceptors (Lipinski definition) is 4. The maximum atomic E-state index is 13.6. The van der Waals surface area contributed by atoms with E-state index in [1.165, 1.54) is 36.5 Å². The summed E-state index contributed by atoms with van der Waals surface area (Å²) >= 11 is 0. The molecule has 0 atom stereocenters. The first-order chi connectivity index (χ1) is 15.8. The van der Waals surface area contributed by atoms with E-state index in [4.69, 9.17) is 4.74 Å². The Balaban J connectivity index is 1.74. The molecular formula is C26H29FN4O2. The van der Waals surface area contributed by atoms with E-state index >= 15 is 0 Å². The Hall–Kier alpha value is -3.74. The maximum absolute atomic E-state index is 13.6. The van der Waals surface area contributed by atoms with E-state index in [0.29, 0.717) is 11.4 Å². The van der Waals surface area contributed by atoms with Gasteiger partial charge in [-0.05, 0) is 75.4 Å². The van der Waals surface area contributed by atoms with Gasteiger partial charge < -0.3 is 15.0 Å². The van der Waals surface area contributed by atoms with Crippen LogP contribution in [0.1, 0.15) is 43.1 Å². The van der Waals surface area contributed by atoms with Crippen LogP contribution in [0.5, 0.6) is 5.75 Å². The lowest BCUT2D eigenvalue weighted by molar-refractivity contribution is 0.102. The molecule has 1 aliphatic rings. The molecule has 172 valence electrons. The van der Waals surface area contributed by atoms with Gasteiger partial charge in [-0.25, -0.2) is 9.38 Å². The van der Waals surface area contributed by atoms with E-state index in [1.54, 1.807) is 6.20 Å². The average Bonchev–Trinajstić information content (AvgIpc) is 2.83. The molecule has 6 nitrogen and oxygen atoms in total. The number of amides is 1. The van der Waals surface area contributed by atoms with Crippen molar-refractivity contribution in [2.75, 3.05) is 25.5 Å². The third-order valence-corrected chi connectivity index (χ3v) is 5.66. The van der Waals surface area contributed by atoms with Crippen molar-refractivity contribution in [3.8, 4) is 5.75 Å². The number of benzene rings is 2. The predicted octanol–water partition coefficient (Wildman–Crippen LogP) is 5.55. The summed E-state index contributed by atoms with van der Waals surface area (Å²) in [5.74, 6) is 0.323. The zero-order valence-corrected chi connectivity index (χ0v) is 19.5. The number of nitrogens with one attached hydrogen (secondary N) is 1. The van der Waals surface area contributed by atoms with Crippen molar-refractivity contribution in [1.29, 1.82) is 0 Å². The molecule has 0 unspecified atom stereocenters. The lowest BCUT2D eigenvalue weighted by atomic mass is 9.94. The highest BCUT2D eigenvalue weighted by molar-refractivity contribution is 6.06. The summed E-state index contributed by atoms with van der Waals surface area (Å²) in [6.07, 6.45) is 2.67. The van der Waals surface area contributed by atoms with Crippen LogP contribution in [0.15, 0.2) is 69.9 Å². The number of amidine groups is 1. The van der Waals surface area contributed by atoms with Gasteiger partial charge in [0.15, 0.2) is 0 Å². The Morgan fingerprint density at radius 2 is 1.94 bits per heavy atom. The molecule has 0 aliphatic carbocycles. The van der Waals surface area contributed by atoms with Gasteiger partial charge in [-0.2, -0.15) is 0 Å². The largest absolute Gasteiger partial charge is 0.496 e. The monoisotopic (exact) mass is 448 g/mol. The molecule has 33 heavy (non-hydrogen) atoms. The van der Waals surface area contributed by atoms with E-state index in [9.17, 15) is 9.18 Å². The van der Waals surface area contributed by atoms with Gasteiger partial charge in [-0.15, -0.1) is 0 Å². The first-order valence-corrected chi connectivity index (χ1v) is 10.7. The highest BCUT2D eigenvalue weighted by atomic mass is 19.1. The molecule has 1 amide bonds. The molecule has 1 heterocycles. The third kappa shape index (κ3) is 5.94. The van der Waals surface area contributed by atoms with Crippen molar-refractivity contribution in [2.24, 2.45) is 9.98 Å². The zero-order valence-electron chi connectivity index (χ0n) is 19.5. The first-order valence-electron chi connectivity index (χ1n) is 10.7. The fraction of sp³-hybridized carbons (Fsp3) is 0.269. The molecule has 0 saturated carbocycles. The summed E-state index contributed by atoms with van der Waals surface area (Å²) in [7, 11) is 1.45. The number of ether oxygens (including phenoxy) is 1. The van der Waals surface area contributed by atoms with Gasteiger partial charge in [-0.1, -0.05) is 17.7 Å². The predicted molar refractivity (Wildman–Crippen MR) is 133 cm³/mol. The fourth-order valence-corrected chi connectivity index (χ4v) is 3.59. The molecule has 3 rings (SSSR count). The molecule has 1 aliphatic heterocycles. The average molecular weight is 449 g/mol. The number of halogens is 1. The molecule has 0 radical (unpaired) electrons. The lowest BCUT2D eigenvalue weighted by Crippen LogP contribution is -2.34. The van der Waals surface area contributed by atoms with Crippen molar-refractivity contribution in [1.82, 2.24) is 4.90 Å². The molecule has 7 heteroatoms. The Morgan fingerprint density at radius 3 is 2.61 bits per heavy atom. The lowest BCUT2D eigenvalue weighted by Gasteiger charge is -2.31. The SMILES string of the molecule is C=NC(C)=CN=C(C)N1CCC(C)=C(c2ccc(NC(=O)c3cc(F)ccc3OC)cc2)C1. The van der Waals surface area contributed by atoms with Gasteiger partial charge in [0.25, 0.3) is 5.91 Å². The van der Waals surface area contributed by atoms with Gasteiger partial charge in [0.1, 0.15) is 17.4 Å². The van der Waals surface area contributed by atoms with Crippen LogP contribution in [0.3, 0.4) is 0 Å². The number of allylic oxidation sites excluding steroid dienone is 1. The summed E-state index contributed by atoms with van der Waals surface area (Å²) in [6, 6.07) is 11.5. The molecule has 0 bridgehead atoms. The van der Waals surface area contributed by atoms with Gasteiger partial charge in [0, 0.05) is 18.8 Å². The Bertz CT molecular complexity index is 1130. The number of carbonyl (C=O) groups excluding carboxylic acids is 1. The Labute approximate surface area is 194 Å².